The summed E-state index contributed by atoms with van der Waals surface area (Å²) in [6.45, 7) is 4.05. The van der Waals surface area contributed by atoms with Crippen LogP contribution >= 0.6 is 0 Å². The molecular formula is C13H17N3O5. The molecule has 2 N–H and O–H groups in total. The Kier molecular flexibility index (Phi) is 4.59. The summed E-state index contributed by atoms with van der Waals surface area (Å²) in [7, 11) is 0. The maximum Gasteiger partial charge on any atom is 0.296 e. The molecule has 0 aromatic heterocycles. The molecule has 0 aliphatic carbocycles. The van der Waals surface area contributed by atoms with Crippen molar-refractivity contribution in [2.24, 2.45) is 0 Å². The van der Waals surface area contributed by atoms with Gasteiger partial charge in [0.25, 0.3) is 5.69 Å². The minimum Gasteiger partial charge on any atom is -0.454 e. The van der Waals surface area contributed by atoms with Gasteiger partial charge in [0.2, 0.25) is 12.7 Å². The molecule has 1 aromatic carbocycles. The van der Waals surface area contributed by atoms with Gasteiger partial charge in [0, 0.05) is 12.1 Å². The molecule has 0 bridgehead atoms. The molecule has 8 heteroatoms. The van der Waals surface area contributed by atoms with E-state index in [1.807, 2.05) is 13.8 Å². The third-order valence-electron chi connectivity index (χ3n) is 3.19. The molecule has 114 valence electrons. The molecule has 8 nitrogen and oxygen atoms in total. The molecule has 0 spiro atoms. The van der Waals surface area contributed by atoms with Crippen LogP contribution in [0.25, 0.3) is 0 Å². The number of benzene rings is 1. The number of ether oxygens (including phenoxy) is 2. The first-order valence-corrected chi connectivity index (χ1v) is 6.62. The van der Waals surface area contributed by atoms with Crippen LogP contribution in [0, 0.1) is 10.1 Å². The highest BCUT2D eigenvalue weighted by Crippen LogP contribution is 2.40. The summed E-state index contributed by atoms with van der Waals surface area (Å²) in [5.41, 5.74) is -0.128. The zero-order valence-corrected chi connectivity index (χ0v) is 11.8. The van der Waals surface area contributed by atoms with Crippen molar-refractivity contribution in [3.63, 3.8) is 0 Å². The molecule has 1 aromatic rings. The Labute approximate surface area is 121 Å². The molecule has 1 amide bonds. The van der Waals surface area contributed by atoms with Gasteiger partial charge in [-0.05, 0) is 13.3 Å². The SMILES string of the molecule is CCC(C)NCC(=O)Nc1cc2c(cc1[N+](=O)[O-])OCO2. The van der Waals surface area contributed by atoms with Gasteiger partial charge in [0.15, 0.2) is 11.5 Å². The van der Waals surface area contributed by atoms with Crippen LogP contribution in [0.3, 0.4) is 0 Å². The van der Waals surface area contributed by atoms with Crippen LogP contribution in [0.15, 0.2) is 12.1 Å². The lowest BCUT2D eigenvalue weighted by Gasteiger charge is -2.11. The number of amides is 1. The highest BCUT2D eigenvalue weighted by molar-refractivity contribution is 5.95. The van der Waals surface area contributed by atoms with Crippen LogP contribution in [0.4, 0.5) is 11.4 Å². The number of fused-ring (bicyclic) bond motifs is 1. The van der Waals surface area contributed by atoms with Crippen LogP contribution < -0.4 is 20.1 Å². The molecule has 1 heterocycles. The molecule has 21 heavy (non-hydrogen) atoms. The van der Waals surface area contributed by atoms with Crippen molar-refractivity contribution in [3.05, 3.63) is 22.2 Å². The minimum absolute atomic E-state index is 0.0134. The zero-order chi connectivity index (χ0) is 15.4. The first-order valence-electron chi connectivity index (χ1n) is 6.62. The number of hydrogen-bond donors (Lipinski definition) is 2. The van der Waals surface area contributed by atoms with Crippen molar-refractivity contribution >= 4 is 17.3 Å². The molecule has 0 saturated heterocycles. The average molecular weight is 295 g/mol. The summed E-state index contributed by atoms with van der Waals surface area (Å²) in [6.07, 6.45) is 0.886. The Morgan fingerprint density at radius 2 is 2.10 bits per heavy atom. The maximum absolute atomic E-state index is 11.8. The Morgan fingerprint density at radius 1 is 1.43 bits per heavy atom. The van der Waals surface area contributed by atoms with Crippen LogP contribution in [0.2, 0.25) is 0 Å². The van der Waals surface area contributed by atoms with E-state index in [4.69, 9.17) is 9.47 Å². The van der Waals surface area contributed by atoms with Crippen LogP contribution in [0.1, 0.15) is 20.3 Å². The largest absolute Gasteiger partial charge is 0.454 e. The van der Waals surface area contributed by atoms with E-state index < -0.39 is 4.92 Å². The number of nitrogens with one attached hydrogen (secondary N) is 2. The van der Waals surface area contributed by atoms with Crippen LogP contribution in [-0.4, -0.2) is 30.2 Å². The summed E-state index contributed by atoms with van der Waals surface area (Å²) in [6, 6.07) is 2.85. The number of nitro benzene ring substituents is 1. The molecule has 1 aliphatic heterocycles. The van der Waals surface area contributed by atoms with Crippen molar-refractivity contribution in [1.82, 2.24) is 5.32 Å². The summed E-state index contributed by atoms with van der Waals surface area (Å²) >= 11 is 0. The highest BCUT2D eigenvalue weighted by Gasteiger charge is 2.24. The van der Waals surface area contributed by atoms with E-state index in [0.717, 1.165) is 6.42 Å². The van der Waals surface area contributed by atoms with Crippen molar-refractivity contribution in [2.45, 2.75) is 26.3 Å². The second-order valence-electron chi connectivity index (χ2n) is 4.72. The number of hydrogen-bond acceptors (Lipinski definition) is 6. The predicted octanol–water partition coefficient (Wildman–Crippen LogP) is 1.65. The third kappa shape index (κ3) is 3.60. The second kappa shape index (κ2) is 6.40. The van der Waals surface area contributed by atoms with Crippen LogP contribution in [-0.2, 0) is 4.79 Å². The molecule has 1 aliphatic rings. The van der Waals surface area contributed by atoms with E-state index >= 15 is 0 Å². The quantitative estimate of drug-likeness (QED) is 0.611. The fourth-order valence-corrected chi connectivity index (χ4v) is 1.79. The van der Waals surface area contributed by atoms with E-state index in [1.54, 1.807) is 0 Å². The fraction of sp³-hybridized carbons (Fsp3) is 0.462. The van der Waals surface area contributed by atoms with Gasteiger partial charge in [0.05, 0.1) is 17.5 Å². The number of nitro groups is 1. The van der Waals surface area contributed by atoms with E-state index in [1.165, 1.54) is 12.1 Å². The maximum atomic E-state index is 11.8. The normalized spacial score (nSPS) is 13.8. The average Bonchev–Trinajstić information content (AvgIpc) is 2.90. The smallest absolute Gasteiger partial charge is 0.296 e. The minimum atomic E-state index is -0.570. The zero-order valence-electron chi connectivity index (χ0n) is 11.8. The Hall–Kier alpha value is -2.35. The highest BCUT2D eigenvalue weighted by atomic mass is 16.7. The predicted molar refractivity (Wildman–Crippen MR) is 75.6 cm³/mol. The molecule has 0 fully saturated rings. The number of carbonyl (C=O) groups is 1. The van der Waals surface area contributed by atoms with Gasteiger partial charge in [-0.2, -0.15) is 0 Å². The van der Waals surface area contributed by atoms with Gasteiger partial charge in [-0.15, -0.1) is 0 Å². The summed E-state index contributed by atoms with van der Waals surface area (Å²) in [4.78, 5) is 22.3. The summed E-state index contributed by atoms with van der Waals surface area (Å²) in [5, 5.41) is 16.6. The first kappa shape index (κ1) is 15.0. The number of anilines is 1. The van der Waals surface area contributed by atoms with Gasteiger partial charge in [-0.1, -0.05) is 6.92 Å². The van der Waals surface area contributed by atoms with Gasteiger partial charge in [-0.3, -0.25) is 14.9 Å². The Morgan fingerprint density at radius 3 is 2.71 bits per heavy atom. The summed E-state index contributed by atoms with van der Waals surface area (Å²) < 4.78 is 10.3. The van der Waals surface area contributed by atoms with Crippen molar-refractivity contribution in [1.29, 1.82) is 0 Å². The topological polar surface area (TPSA) is 103 Å². The van der Waals surface area contributed by atoms with Crippen LogP contribution in [0.5, 0.6) is 11.5 Å². The molecule has 1 atom stereocenters. The lowest BCUT2D eigenvalue weighted by Crippen LogP contribution is -2.34. The lowest BCUT2D eigenvalue weighted by atomic mass is 10.2. The molecular weight excluding hydrogens is 278 g/mol. The third-order valence-corrected chi connectivity index (χ3v) is 3.19. The van der Waals surface area contributed by atoms with Gasteiger partial charge in [0.1, 0.15) is 5.69 Å². The molecule has 2 rings (SSSR count). The van der Waals surface area contributed by atoms with Gasteiger partial charge in [-0.25, -0.2) is 0 Å². The van der Waals surface area contributed by atoms with E-state index in [-0.39, 0.29) is 36.7 Å². The van der Waals surface area contributed by atoms with Crippen molar-refractivity contribution in [3.8, 4) is 11.5 Å². The van der Waals surface area contributed by atoms with Gasteiger partial charge < -0.3 is 20.1 Å². The van der Waals surface area contributed by atoms with Crippen molar-refractivity contribution in [2.75, 3.05) is 18.7 Å². The monoisotopic (exact) mass is 295 g/mol. The van der Waals surface area contributed by atoms with E-state index in [9.17, 15) is 14.9 Å². The van der Waals surface area contributed by atoms with Gasteiger partial charge >= 0.3 is 0 Å². The fourth-order valence-electron chi connectivity index (χ4n) is 1.79. The number of carbonyl (C=O) groups excluding carboxylic acids is 1. The van der Waals surface area contributed by atoms with Crippen molar-refractivity contribution < 1.29 is 19.2 Å². The Balaban J connectivity index is 2.11. The second-order valence-corrected chi connectivity index (χ2v) is 4.72. The molecule has 1 unspecified atom stereocenters. The van der Waals surface area contributed by atoms with E-state index in [2.05, 4.69) is 10.6 Å². The lowest BCUT2D eigenvalue weighted by molar-refractivity contribution is -0.384. The molecule has 0 radical (unpaired) electrons. The number of rotatable bonds is 6. The first-order chi connectivity index (χ1) is 10.0. The number of nitrogens with zero attached hydrogens (tertiary/aromatic N) is 1. The Bertz CT molecular complexity index is 561. The van der Waals surface area contributed by atoms with E-state index in [0.29, 0.717) is 11.5 Å². The molecule has 0 saturated carbocycles. The summed E-state index contributed by atoms with van der Waals surface area (Å²) in [5.74, 6) is 0.334. The standard InChI is InChI=1S/C13H17N3O5/c1-3-8(2)14-6-13(17)15-9-4-11-12(21-7-20-11)5-10(9)16(18)19/h4-5,8,14H,3,6-7H2,1-2H3,(H,15,17).